The van der Waals surface area contributed by atoms with Crippen LogP contribution in [0.5, 0.6) is 5.75 Å². The zero-order valence-electron chi connectivity index (χ0n) is 10.3. The summed E-state index contributed by atoms with van der Waals surface area (Å²) < 4.78 is 6.06. The number of para-hydroxylation sites is 2. The van der Waals surface area contributed by atoms with E-state index in [0.29, 0.717) is 18.2 Å². The molecule has 3 atom stereocenters. The summed E-state index contributed by atoms with van der Waals surface area (Å²) in [4.78, 5) is 2.52. The summed E-state index contributed by atoms with van der Waals surface area (Å²) in [6.45, 7) is 0. The minimum absolute atomic E-state index is 0.341. The molecule has 2 N–H and O–H groups in total. The van der Waals surface area contributed by atoms with Crippen molar-refractivity contribution in [3.05, 3.63) is 24.3 Å². The van der Waals surface area contributed by atoms with Gasteiger partial charge in [0.05, 0.1) is 5.69 Å². The smallest absolute Gasteiger partial charge is 0.142 e. The minimum Gasteiger partial charge on any atom is -0.488 e. The van der Waals surface area contributed by atoms with Crippen molar-refractivity contribution >= 4 is 5.69 Å². The predicted octanol–water partition coefficient (Wildman–Crippen LogP) is 2.27. The molecular weight excluding hydrogens is 212 g/mol. The lowest BCUT2D eigenvalue weighted by Crippen LogP contribution is -2.43. The molecule has 2 bridgehead atoms. The number of rotatable bonds is 2. The molecule has 0 radical (unpaired) electrons. The fourth-order valence-corrected chi connectivity index (χ4v) is 3.23. The van der Waals surface area contributed by atoms with Crippen molar-refractivity contribution in [3.8, 4) is 5.75 Å². The molecule has 3 heteroatoms. The van der Waals surface area contributed by atoms with Gasteiger partial charge in [0.15, 0.2) is 0 Å². The number of benzene rings is 1. The first kappa shape index (κ1) is 10.9. The molecule has 0 aromatic heterocycles. The van der Waals surface area contributed by atoms with Crippen LogP contribution in [0.4, 0.5) is 5.69 Å². The van der Waals surface area contributed by atoms with Gasteiger partial charge in [-0.15, -0.1) is 0 Å². The first-order chi connectivity index (χ1) is 8.24. The molecule has 0 amide bonds. The first-order valence-electron chi connectivity index (χ1n) is 6.47. The number of nitrogens with two attached hydrogens (primary N) is 1. The number of nitrogen functional groups attached to an aromatic ring is 1. The van der Waals surface area contributed by atoms with Gasteiger partial charge in [-0.2, -0.15) is 0 Å². The highest BCUT2D eigenvalue weighted by Crippen LogP contribution is 2.36. The van der Waals surface area contributed by atoms with Gasteiger partial charge in [0.2, 0.25) is 0 Å². The van der Waals surface area contributed by atoms with Gasteiger partial charge < -0.3 is 15.4 Å². The van der Waals surface area contributed by atoms with E-state index in [9.17, 15) is 0 Å². The average molecular weight is 232 g/mol. The van der Waals surface area contributed by atoms with Crippen LogP contribution < -0.4 is 10.5 Å². The van der Waals surface area contributed by atoms with Crippen molar-refractivity contribution in [3.63, 3.8) is 0 Å². The van der Waals surface area contributed by atoms with E-state index in [1.165, 1.54) is 12.8 Å². The fourth-order valence-electron chi connectivity index (χ4n) is 3.23. The van der Waals surface area contributed by atoms with Crippen molar-refractivity contribution in [2.24, 2.45) is 0 Å². The second-order valence-corrected chi connectivity index (χ2v) is 5.30. The number of hydrogen-bond donors (Lipinski definition) is 1. The van der Waals surface area contributed by atoms with E-state index >= 15 is 0 Å². The third kappa shape index (κ3) is 2.00. The van der Waals surface area contributed by atoms with Gasteiger partial charge in [-0.1, -0.05) is 12.1 Å². The quantitative estimate of drug-likeness (QED) is 0.795. The minimum atomic E-state index is 0.341. The molecule has 1 aromatic carbocycles. The maximum atomic E-state index is 6.06. The molecule has 3 nitrogen and oxygen atoms in total. The zero-order valence-corrected chi connectivity index (χ0v) is 10.3. The van der Waals surface area contributed by atoms with Crippen LogP contribution in [0.3, 0.4) is 0 Å². The summed E-state index contributed by atoms with van der Waals surface area (Å²) in [5.74, 6) is 0.849. The lowest BCUT2D eigenvalue weighted by atomic mass is 10.0. The van der Waals surface area contributed by atoms with Gasteiger partial charge >= 0.3 is 0 Å². The number of piperidine rings is 1. The van der Waals surface area contributed by atoms with Crippen molar-refractivity contribution < 1.29 is 4.74 Å². The molecule has 17 heavy (non-hydrogen) atoms. The van der Waals surface area contributed by atoms with Gasteiger partial charge in [0.25, 0.3) is 0 Å². The summed E-state index contributed by atoms with van der Waals surface area (Å²) in [5.41, 5.74) is 6.66. The second-order valence-electron chi connectivity index (χ2n) is 5.30. The highest BCUT2D eigenvalue weighted by Gasteiger charge is 2.39. The van der Waals surface area contributed by atoms with Crippen LogP contribution in [-0.4, -0.2) is 30.1 Å². The highest BCUT2D eigenvalue weighted by atomic mass is 16.5. The van der Waals surface area contributed by atoms with Crippen LogP contribution in [-0.2, 0) is 0 Å². The topological polar surface area (TPSA) is 38.5 Å². The molecule has 92 valence electrons. The van der Waals surface area contributed by atoms with E-state index < -0.39 is 0 Å². The molecule has 1 unspecified atom stereocenters. The Morgan fingerprint density at radius 2 is 1.82 bits per heavy atom. The Hall–Kier alpha value is -1.22. The largest absolute Gasteiger partial charge is 0.488 e. The van der Waals surface area contributed by atoms with Gasteiger partial charge in [0, 0.05) is 12.1 Å². The number of hydrogen-bond acceptors (Lipinski definition) is 3. The average Bonchev–Trinajstić information content (AvgIpc) is 2.55. The summed E-state index contributed by atoms with van der Waals surface area (Å²) >= 11 is 0. The molecule has 2 aliphatic rings. The normalized spacial score (nSPS) is 32.6. The molecule has 0 spiro atoms. The van der Waals surface area contributed by atoms with Crippen LogP contribution in [0.2, 0.25) is 0 Å². The van der Waals surface area contributed by atoms with E-state index in [2.05, 4.69) is 11.9 Å². The third-order valence-electron chi connectivity index (χ3n) is 4.27. The summed E-state index contributed by atoms with van der Waals surface area (Å²) in [5, 5.41) is 0. The van der Waals surface area contributed by atoms with Gasteiger partial charge in [-0.3, -0.25) is 0 Å². The summed E-state index contributed by atoms with van der Waals surface area (Å²) in [6.07, 6.45) is 5.27. The molecule has 2 fully saturated rings. The Morgan fingerprint density at radius 1 is 1.18 bits per heavy atom. The predicted molar refractivity (Wildman–Crippen MR) is 69.1 cm³/mol. The maximum absolute atomic E-state index is 6.06. The van der Waals surface area contributed by atoms with Crippen molar-refractivity contribution in [1.82, 2.24) is 4.90 Å². The molecule has 1 aromatic rings. The van der Waals surface area contributed by atoms with Crippen LogP contribution in [0.1, 0.15) is 25.7 Å². The SMILES string of the molecule is CN1[C@@H]2CC[C@H]1CC(Oc1ccccc1N)C2. The summed E-state index contributed by atoms with van der Waals surface area (Å²) in [6, 6.07) is 9.22. The van der Waals surface area contributed by atoms with Crippen molar-refractivity contribution in [2.45, 2.75) is 43.9 Å². The number of anilines is 1. The van der Waals surface area contributed by atoms with Gasteiger partial charge in [-0.25, -0.2) is 0 Å². The molecule has 2 heterocycles. The standard InChI is InChI=1S/C14H20N2O/c1-16-10-6-7-11(16)9-12(8-10)17-14-5-3-2-4-13(14)15/h2-5,10-12H,6-9,15H2,1H3/t10-,11+,12?. The van der Waals surface area contributed by atoms with E-state index in [1.54, 1.807) is 0 Å². The Balaban J connectivity index is 1.70. The van der Waals surface area contributed by atoms with Crippen LogP contribution >= 0.6 is 0 Å². The van der Waals surface area contributed by atoms with Gasteiger partial charge in [0.1, 0.15) is 11.9 Å². The Morgan fingerprint density at radius 3 is 2.47 bits per heavy atom. The Bertz CT molecular complexity index is 393. The second kappa shape index (κ2) is 4.22. The van der Waals surface area contributed by atoms with E-state index in [4.69, 9.17) is 10.5 Å². The molecule has 3 rings (SSSR count). The lowest BCUT2D eigenvalue weighted by molar-refractivity contribution is 0.0666. The maximum Gasteiger partial charge on any atom is 0.142 e. The van der Waals surface area contributed by atoms with Crippen LogP contribution in [0.25, 0.3) is 0 Å². The number of fused-ring (bicyclic) bond motifs is 2. The van der Waals surface area contributed by atoms with Crippen LogP contribution in [0, 0.1) is 0 Å². The Kier molecular flexibility index (Phi) is 2.71. The molecule has 0 aliphatic carbocycles. The molecule has 0 saturated carbocycles. The van der Waals surface area contributed by atoms with E-state index in [-0.39, 0.29) is 0 Å². The highest BCUT2D eigenvalue weighted by molar-refractivity contribution is 5.51. The number of ether oxygens (including phenoxy) is 1. The molecule has 2 saturated heterocycles. The summed E-state index contributed by atoms with van der Waals surface area (Å²) in [7, 11) is 2.25. The zero-order chi connectivity index (χ0) is 11.8. The number of nitrogens with zero attached hydrogens (tertiary/aromatic N) is 1. The first-order valence-corrected chi connectivity index (χ1v) is 6.47. The van der Waals surface area contributed by atoms with Crippen LogP contribution in [0.15, 0.2) is 24.3 Å². The Labute approximate surface area is 103 Å². The van der Waals surface area contributed by atoms with E-state index in [0.717, 1.165) is 24.3 Å². The van der Waals surface area contributed by atoms with Crippen molar-refractivity contribution in [2.75, 3.05) is 12.8 Å². The van der Waals surface area contributed by atoms with Crippen molar-refractivity contribution in [1.29, 1.82) is 0 Å². The fraction of sp³-hybridized carbons (Fsp3) is 0.571. The third-order valence-corrected chi connectivity index (χ3v) is 4.27. The lowest BCUT2D eigenvalue weighted by Gasteiger charge is -2.36. The monoisotopic (exact) mass is 232 g/mol. The molecule has 2 aliphatic heterocycles. The van der Waals surface area contributed by atoms with E-state index in [1.807, 2.05) is 24.3 Å². The molecular formula is C14H20N2O. The van der Waals surface area contributed by atoms with Gasteiger partial charge in [-0.05, 0) is 44.9 Å².